The number of halogens is 1. The van der Waals surface area contributed by atoms with Gasteiger partial charge >= 0.3 is 0 Å². The van der Waals surface area contributed by atoms with Gasteiger partial charge in [-0.05, 0) is 35.9 Å². The van der Waals surface area contributed by atoms with E-state index in [9.17, 15) is 9.59 Å². The van der Waals surface area contributed by atoms with Gasteiger partial charge < -0.3 is 9.15 Å². The average Bonchev–Trinajstić information content (AvgIpc) is 3.40. The zero-order valence-corrected chi connectivity index (χ0v) is 18.5. The number of thiazole rings is 1. The molecular weight excluding hydrogens is 480 g/mol. The quantitative estimate of drug-likeness (QED) is 0.350. The molecule has 4 aromatic rings. The number of nitrogens with zero attached hydrogens (tertiary/aromatic N) is 2. The van der Waals surface area contributed by atoms with Crippen molar-refractivity contribution in [2.45, 2.75) is 6.04 Å². The molecule has 3 heterocycles. The van der Waals surface area contributed by atoms with Gasteiger partial charge in [-0.15, -0.1) is 11.3 Å². The number of hydrogen-bond acceptors (Lipinski definition) is 6. The lowest BCUT2D eigenvalue weighted by Gasteiger charge is -2.22. The molecule has 6 nitrogen and oxygen atoms in total. The molecule has 5 rings (SSSR count). The van der Waals surface area contributed by atoms with Crippen LogP contribution in [0.25, 0.3) is 11.0 Å². The molecule has 0 saturated heterocycles. The van der Waals surface area contributed by atoms with Gasteiger partial charge in [-0.2, -0.15) is 0 Å². The van der Waals surface area contributed by atoms with E-state index in [0.29, 0.717) is 34.0 Å². The third kappa shape index (κ3) is 3.28. The maximum Gasteiger partial charge on any atom is 0.297 e. The Hall–Kier alpha value is -3.23. The molecule has 31 heavy (non-hydrogen) atoms. The molecule has 0 saturated carbocycles. The van der Waals surface area contributed by atoms with E-state index in [2.05, 4.69) is 27.5 Å². The largest absolute Gasteiger partial charge is 0.490 e. The lowest BCUT2D eigenvalue weighted by molar-refractivity contribution is 0.0971. The molecule has 0 spiro atoms. The van der Waals surface area contributed by atoms with Crippen LogP contribution in [0, 0.1) is 0 Å². The lowest BCUT2D eigenvalue weighted by atomic mass is 9.98. The second-order valence-electron chi connectivity index (χ2n) is 6.88. The molecule has 0 aliphatic carbocycles. The van der Waals surface area contributed by atoms with E-state index >= 15 is 0 Å². The molecule has 2 aromatic heterocycles. The number of ether oxygens (including phenoxy) is 1. The van der Waals surface area contributed by atoms with Crippen LogP contribution in [0.15, 0.2) is 80.4 Å². The molecule has 0 bridgehead atoms. The monoisotopic (exact) mass is 494 g/mol. The smallest absolute Gasteiger partial charge is 0.297 e. The van der Waals surface area contributed by atoms with E-state index in [1.54, 1.807) is 48.0 Å². The van der Waals surface area contributed by atoms with Gasteiger partial charge in [0.1, 0.15) is 17.9 Å². The van der Waals surface area contributed by atoms with E-state index in [1.165, 1.54) is 16.2 Å². The summed E-state index contributed by atoms with van der Waals surface area (Å²) in [6.45, 7) is 4.03. The van der Waals surface area contributed by atoms with Gasteiger partial charge in [-0.1, -0.05) is 40.7 Å². The molecule has 0 radical (unpaired) electrons. The number of rotatable bonds is 5. The van der Waals surface area contributed by atoms with Gasteiger partial charge in [0.2, 0.25) is 5.76 Å². The SMILES string of the molecule is C=CCOc1ccc(C2c3c(oc4ccc(Br)cc4c3=O)C(=O)N2c2nccs2)cc1. The van der Waals surface area contributed by atoms with E-state index in [0.717, 1.165) is 10.0 Å². The van der Waals surface area contributed by atoms with Crippen molar-refractivity contribution in [3.63, 3.8) is 0 Å². The number of carbonyl (C=O) groups excluding carboxylic acids is 1. The minimum absolute atomic E-state index is 0.0482. The summed E-state index contributed by atoms with van der Waals surface area (Å²) in [6, 6.07) is 11.8. The van der Waals surface area contributed by atoms with Gasteiger partial charge in [-0.25, -0.2) is 4.98 Å². The summed E-state index contributed by atoms with van der Waals surface area (Å²) in [5.41, 5.74) is 1.20. The third-order valence-corrected chi connectivity index (χ3v) is 6.29. The maximum absolute atomic E-state index is 13.5. The van der Waals surface area contributed by atoms with Crippen molar-refractivity contribution in [3.8, 4) is 5.75 Å². The van der Waals surface area contributed by atoms with Crippen LogP contribution in [-0.4, -0.2) is 17.5 Å². The first-order chi connectivity index (χ1) is 15.1. The topological polar surface area (TPSA) is 72.6 Å². The molecule has 1 aliphatic rings. The van der Waals surface area contributed by atoms with Gasteiger partial charge in [-0.3, -0.25) is 14.5 Å². The Kier molecular flexibility index (Phi) is 4.95. The Morgan fingerprint density at radius 1 is 1.23 bits per heavy atom. The summed E-state index contributed by atoms with van der Waals surface area (Å²) in [6.07, 6.45) is 3.29. The fourth-order valence-electron chi connectivity index (χ4n) is 3.69. The number of fused-ring (bicyclic) bond motifs is 2. The van der Waals surface area contributed by atoms with Crippen LogP contribution in [-0.2, 0) is 0 Å². The van der Waals surface area contributed by atoms with Crippen molar-refractivity contribution in [3.05, 3.63) is 98.3 Å². The summed E-state index contributed by atoms with van der Waals surface area (Å²) in [7, 11) is 0. The molecule has 1 unspecified atom stereocenters. The van der Waals surface area contributed by atoms with Crippen LogP contribution in [0.5, 0.6) is 5.75 Å². The second-order valence-corrected chi connectivity index (χ2v) is 8.66. The summed E-state index contributed by atoms with van der Waals surface area (Å²) in [5.74, 6) is 0.333. The fourth-order valence-corrected chi connectivity index (χ4v) is 4.72. The minimum atomic E-state index is -0.651. The molecule has 1 atom stereocenters. The molecule has 2 aromatic carbocycles. The van der Waals surface area contributed by atoms with Gasteiger partial charge in [0.05, 0.1) is 17.0 Å². The second kappa shape index (κ2) is 7.79. The molecule has 1 aliphatic heterocycles. The molecule has 1 amide bonds. The lowest BCUT2D eigenvalue weighted by Crippen LogP contribution is -2.29. The van der Waals surface area contributed by atoms with Crippen LogP contribution in [0.2, 0.25) is 0 Å². The fraction of sp³-hybridized carbons (Fsp3) is 0.0870. The van der Waals surface area contributed by atoms with E-state index in [4.69, 9.17) is 9.15 Å². The Labute approximate surface area is 189 Å². The highest BCUT2D eigenvalue weighted by atomic mass is 79.9. The predicted molar refractivity (Wildman–Crippen MR) is 123 cm³/mol. The Morgan fingerprint density at radius 2 is 2.03 bits per heavy atom. The first-order valence-corrected chi connectivity index (χ1v) is 11.1. The predicted octanol–water partition coefficient (Wildman–Crippen LogP) is 5.33. The number of aromatic nitrogens is 1. The van der Waals surface area contributed by atoms with Crippen molar-refractivity contribution in [2.75, 3.05) is 11.5 Å². The van der Waals surface area contributed by atoms with Crippen molar-refractivity contribution in [2.24, 2.45) is 0 Å². The third-order valence-electron chi connectivity index (χ3n) is 5.02. The number of anilines is 1. The summed E-state index contributed by atoms with van der Waals surface area (Å²) in [4.78, 5) is 32.7. The molecule has 8 heteroatoms. The first kappa shape index (κ1) is 19.7. The Morgan fingerprint density at radius 3 is 2.74 bits per heavy atom. The summed E-state index contributed by atoms with van der Waals surface area (Å²) >= 11 is 4.73. The highest BCUT2D eigenvalue weighted by Gasteiger charge is 2.44. The minimum Gasteiger partial charge on any atom is -0.490 e. The molecule has 0 fully saturated rings. The zero-order chi connectivity index (χ0) is 21.5. The molecule has 154 valence electrons. The first-order valence-electron chi connectivity index (χ1n) is 9.41. The van der Waals surface area contributed by atoms with E-state index in [-0.39, 0.29) is 17.1 Å². The summed E-state index contributed by atoms with van der Waals surface area (Å²) in [5, 5.41) is 2.70. The normalized spacial score (nSPS) is 15.3. The van der Waals surface area contributed by atoms with Crippen molar-refractivity contribution < 1.29 is 13.9 Å². The number of hydrogen-bond donors (Lipinski definition) is 0. The highest BCUT2D eigenvalue weighted by molar-refractivity contribution is 9.10. The van der Waals surface area contributed by atoms with Crippen molar-refractivity contribution in [1.82, 2.24) is 4.98 Å². The number of amides is 1. The average molecular weight is 495 g/mol. The van der Waals surface area contributed by atoms with Crippen LogP contribution in [0.1, 0.15) is 27.7 Å². The number of carbonyl (C=O) groups is 1. The molecular formula is C23H15BrN2O4S. The van der Waals surface area contributed by atoms with E-state index < -0.39 is 6.04 Å². The van der Waals surface area contributed by atoms with Gasteiger partial charge in [0, 0.05) is 16.0 Å². The maximum atomic E-state index is 13.5. The Balaban J connectivity index is 1.72. The van der Waals surface area contributed by atoms with Crippen LogP contribution in [0.4, 0.5) is 5.13 Å². The standard InChI is InChI=1S/C23H15BrN2O4S/c1-2-10-29-15-6-3-13(4-7-15)19-18-20(27)16-12-14(24)5-8-17(16)30-21(18)22(28)26(19)23-25-9-11-31-23/h2-9,11-12,19H,1,10H2. The molecule has 0 N–H and O–H groups in total. The summed E-state index contributed by atoms with van der Waals surface area (Å²) < 4.78 is 12.3. The van der Waals surface area contributed by atoms with Crippen LogP contribution < -0.4 is 15.1 Å². The van der Waals surface area contributed by atoms with Crippen molar-refractivity contribution >= 4 is 49.3 Å². The Bertz CT molecular complexity index is 1360. The van der Waals surface area contributed by atoms with Crippen LogP contribution in [0.3, 0.4) is 0 Å². The van der Waals surface area contributed by atoms with Gasteiger partial charge in [0.25, 0.3) is 5.91 Å². The van der Waals surface area contributed by atoms with Crippen molar-refractivity contribution in [1.29, 1.82) is 0 Å². The highest BCUT2D eigenvalue weighted by Crippen LogP contribution is 2.42. The zero-order valence-electron chi connectivity index (χ0n) is 16.1. The van der Waals surface area contributed by atoms with Gasteiger partial charge in [0.15, 0.2) is 10.6 Å². The number of benzene rings is 2. The van der Waals surface area contributed by atoms with E-state index in [1.807, 2.05) is 12.1 Å². The van der Waals surface area contributed by atoms with Crippen LogP contribution >= 0.6 is 27.3 Å².